The van der Waals surface area contributed by atoms with Gasteiger partial charge in [-0.2, -0.15) is 0 Å². The molecule has 0 radical (unpaired) electrons. The molecule has 0 aliphatic carbocycles. The summed E-state index contributed by atoms with van der Waals surface area (Å²) < 4.78 is 1.48. The van der Waals surface area contributed by atoms with E-state index in [2.05, 4.69) is 48.2 Å². The number of benzene rings is 1. The molecule has 0 atom stereocenters. The predicted molar refractivity (Wildman–Crippen MR) is 57.1 cm³/mol. The quantitative estimate of drug-likeness (QED) is 0.472. The third kappa shape index (κ3) is 2.54. The third-order valence-corrected chi connectivity index (χ3v) is 3.91. The Kier molecular flexibility index (Phi) is 4.51. The first-order valence-electron chi connectivity index (χ1n) is 4.30. The van der Waals surface area contributed by atoms with Gasteiger partial charge in [0.1, 0.15) is 0 Å². The second-order valence-electron chi connectivity index (χ2n) is 3.42. The number of hydrogen-bond acceptors (Lipinski definition) is 1. The van der Waals surface area contributed by atoms with Crippen molar-refractivity contribution in [3.63, 3.8) is 0 Å². The number of nitrogens with zero attached hydrogens (tertiary/aromatic N) is 1. The van der Waals surface area contributed by atoms with Gasteiger partial charge >= 0.3 is 103 Å². The zero-order valence-electron chi connectivity index (χ0n) is 8.87. The summed E-state index contributed by atoms with van der Waals surface area (Å²) >= 11 is 0.446. The minimum atomic E-state index is 0. The fourth-order valence-electron chi connectivity index (χ4n) is 1.41. The van der Waals surface area contributed by atoms with Crippen LogP contribution in [0.5, 0.6) is 0 Å². The summed E-state index contributed by atoms with van der Waals surface area (Å²) in [5, 5.41) is 1.41. The third-order valence-electron chi connectivity index (χ3n) is 1.97. The van der Waals surface area contributed by atoms with Crippen molar-refractivity contribution in [1.82, 2.24) is 4.90 Å². The molecule has 0 aliphatic rings. The van der Waals surface area contributed by atoms with Crippen molar-refractivity contribution in [3.8, 4) is 0 Å². The van der Waals surface area contributed by atoms with Gasteiger partial charge in [-0.3, -0.25) is 0 Å². The molecule has 68 valence electrons. The van der Waals surface area contributed by atoms with E-state index in [1.54, 1.807) is 0 Å². The van der Waals surface area contributed by atoms with E-state index in [0.717, 1.165) is 6.54 Å². The minimum Gasteiger partial charge on any atom is 1.00 e. The van der Waals surface area contributed by atoms with Gasteiger partial charge in [0.2, 0.25) is 0 Å². The minimum absolute atomic E-state index is 0. The molecule has 0 unspecified atom stereocenters. The molecule has 2 aromatic rings. The summed E-state index contributed by atoms with van der Waals surface area (Å²) in [4.78, 5) is 5.69. The van der Waals surface area contributed by atoms with Crippen molar-refractivity contribution < 1.29 is 18.9 Å². The molecule has 0 fully saturated rings. The van der Waals surface area contributed by atoms with Gasteiger partial charge in [-0.05, 0) is 0 Å². The molecule has 2 rings (SSSR count). The summed E-state index contributed by atoms with van der Waals surface area (Å²) in [6.45, 7) is 1.01. The smallest absolute Gasteiger partial charge is 1.00 e. The van der Waals surface area contributed by atoms with E-state index < -0.39 is 0 Å². The second kappa shape index (κ2) is 5.21. The molecule has 1 aromatic heterocycles. The maximum Gasteiger partial charge on any atom is 1.00 e. The van der Waals surface area contributed by atoms with Crippen LogP contribution in [-0.2, 0) is 6.54 Å². The molecule has 3 heteroatoms. The van der Waals surface area contributed by atoms with Crippen LogP contribution in [0.2, 0.25) is 0 Å². The Morgan fingerprint density at radius 2 is 2.00 bits per heavy atom. The molecule has 1 heterocycles. The zero-order chi connectivity index (χ0) is 9.26. The van der Waals surface area contributed by atoms with Crippen LogP contribution in [0.1, 0.15) is 5.56 Å². The average molecular weight is 244 g/mol. The van der Waals surface area contributed by atoms with Gasteiger partial charge in [0.05, 0.1) is 0 Å². The van der Waals surface area contributed by atoms with E-state index in [1.165, 1.54) is 15.2 Å². The van der Waals surface area contributed by atoms with Crippen LogP contribution >= 0.6 is 0 Å². The topological polar surface area (TPSA) is 3.24 Å². The molecule has 0 amide bonds. The molecular weight excluding hydrogens is 232 g/mol. The van der Waals surface area contributed by atoms with E-state index in [-0.39, 0.29) is 18.9 Å². The molecular formula is C11H12LiNSe. The first kappa shape index (κ1) is 12.1. The summed E-state index contributed by atoms with van der Waals surface area (Å²) in [6, 6.07) is 8.64. The Labute approximate surface area is 103 Å². The Morgan fingerprint density at radius 1 is 1.29 bits per heavy atom. The fraction of sp³-hybridized carbons (Fsp3) is 0.273. The van der Waals surface area contributed by atoms with E-state index in [0.29, 0.717) is 14.5 Å². The summed E-state index contributed by atoms with van der Waals surface area (Å²) in [5.74, 6) is 0. The summed E-state index contributed by atoms with van der Waals surface area (Å²) in [6.07, 6.45) is 0. The van der Waals surface area contributed by atoms with E-state index >= 15 is 0 Å². The predicted octanol–water partition coefficient (Wildman–Crippen LogP) is -1.24. The maximum atomic E-state index is 3.49. The van der Waals surface area contributed by atoms with Gasteiger partial charge in [-0.1, -0.05) is 0 Å². The van der Waals surface area contributed by atoms with Gasteiger partial charge in [0.25, 0.3) is 0 Å². The van der Waals surface area contributed by atoms with Gasteiger partial charge in [-0.25, -0.2) is 0 Å². The zero-order valence-corrected chi connectivity index (χ0v) is 10.6. The van der Waals surface area contributed by atoms with Crippen LogP contribution in [0.15, 0.2) is 24.3 Å². The van der Waals surface area contributed by atoms with Crippen LogP contribution in [0.4, 0.5) is 0 Å². The normalized spacial score (nSPS) is 10.5. The van der Waals surface area contributed by atoms with E-state index in [4.69, 9.17) is 0 Å². The first-order chi connectivity index (χ1) is 6.27. The van der Waals surface area contributed by atoms with Crippen LogP contribution in [0.25, 0.3) is 9.65 Å². The van der Waals surface area contributed by atoms with Crippen molar-refractivity contribution in [2.45, 2.75) is 6.54 Å². The molecule has 1 aromatic carbocycles. The van der Waals surface area contributed by atoms with Crippen molar-refractivity contribution in [2.75, 3.05) is 14.1 Å². The van der Waals surface area contributed by atoms with Crippen LogP contribution < -0.4 is 18.9 Å². The molecule has 0 spiro atoms. The Balaban J connectivity index is 0.000000980. The Bertz CT molecular complexity index is 408. The van der Waals surface area contributed by atoms with Crippen molar-refractivity contribution in [2.24, 2.45) is 0 Å². The molecule has 0 saturated heterocycles. The van der Waals surface area contributed by atoms with Crippen LogP contribution in [-0.4, -0.2) is 33.5 Å². The molecule has 1 nitrogen and oxygen atoms in total. The van der Waals surface area contributed by atoms with Gasteiger partial charge < -0.3 is 0 Å². The van der Waals surface area contributed by atoms with Gasteiger partial charge in [0.15, 0.2) is 0 Å². The molecule has 0 saturated carbocycles. The van der Waals surface area contributed by atoms with Crippen molar-refractivity contribution in [3.05, 3.63) is 34.8 Å². The Morgan fingerprint density at radius 3 is 2.71 bits per heavy atom. The van der Waals surface area contributed by atoms with Crippen molar-refractivity contribution >= 4 is 24.1 Å². The largest absolute Gasteiger partial charge is 1.00 e. The van der Waals surface area contributed by atoms with E-state index in [9.17, 15) is 0 Å². The molecule has 0 bridgehead atoms. The van der Waals surface area contributed by atoms with Gasteiger partial charge in [0, 0.05) is 0 Å². The second-order valence-corrected chi connectivity index (χ2v) is 5.20. The Hall–Kier alpha value is 0.0369. The number of hydrogen-bond donors (Lipinski definition) is 0. The monoisotopic (exact) mass is 245 g/mol. The fourth-order valence-corrected chi connectivity index (χ4v) is 3.21. The molecule has 0 aliphatic heterocycles. The molecule has 14 heavy (non-hydrogen) atoms. The first-order valence-corrected chi connectivity index (χ1v) is 6.01. The van der Waals surface area contributed by atoms with E-state index in [1.807, 2.05) is 0 Å². The standard InChI is InChI=1S/C11H12NSe.Li/c1-12(2)7-9-8-13-11-6-4-3-5-10(9)11;/h3-6H,7H2,1-2H3;/q-1;+1. The van der Waals surface area contributed by atoms with Crippen LogP contribution in [0, 0.1) is 4.94 Å². The number of rotatable bonds is 2. The number of fused-ring (bicyclic) bond motifs is 1. The summed E-state index contributed by atoms with van der Waals surface area (Å²) in [7, 11) is 4.20. The molecule has 0 N–H and O–H groups in total. The van der Waals surface area contributed by atoms with Gasteiger partial charge in [-0.15, -0.1) is 0 Å². The van der Waals surface area contributed by atoms with Crippen LogP contribution in [0.3, 0.4) is 0 Å². The van der Waals surface area contributed by atoms with Crippen molar-refractivity contribution in [1.29, 1.82) is 0 Å². The summed E-state index contributed by atoms with van der Waals surface area (Å²) in [5.41, 5.74) is 1.38. The maximum absolute atomic E-state index is 3.49. The SMILES string of the molecule is CN(C)Cc1[c-][se]c2ccccc12.[Li+]. The average Bonchev–Trinajstić information content (AvgIpc) is 2.48.